The molecule has 0 radical (unpaired) electrons. The number of hydrogen-bond donors (Lipinski definition) is 1. The largest absolute Gasteiger partial charge is 0.482 e. The molecule has 0 bridgehead atoms. The molecule has 0 spiro atoms. The minimum absolute atomic E-state index is 0.207. The van der Waals surface area contributed by atoms with E-state index in [9.17, 15) is 4.79 Å². The molecule has 0 aromatic heterocycles. The van der Waals surface area contributed by atoms with Crippen LogP contribution < -0.4 is 10.1 Å². The third-order valence-electron chi connectivity index (χ3n) is 2.57. The standard InChI is InChI=1S/C15H10Cl2N2O2/c16-10-4-6-11(7-5-10)19-15(20)9-21-14-3-1-2-13(17)12(14)8-18/h1-7H,9H2,(H,19,20). The van der Waals surface area contributed by atoms with Crippen LogP contribution in [0.25, 0.3) is 0 Å². The Morgan fingerprint density at radius 3 is 2.57 bits per heavy atom. The summed E-state index contributed by atoms with van der Waals surface area (Å²) in [6, 6.07) is 13.5. The van der Waals surface area contributed by atoms with Crippen molar-refractivity contribution in [3.63, 3.8) is 0 Å². The molecule has 0 aliphatic heterocycles. The number of rotatable bonds is 4. The van der Waals surface area contributed by atoms with Gasteiger partial charge >= 0.3 is 0 Å². The van der Waals surface area contributed by atoms with E-state index in [4.69, 9.17) is 33.2 Å². The minimum Gasteiger partial charge on any atom is -0.482 e. The van der Waals surface area contributed by atoms with Crippen LogP contribution in [0, 0.1) is 11.3 Å². The van der Waals surface area contributed by atoms with Crippen molar-refractivity contribution in [3.8, 4) is 11.8 Å². The summed E-state index contributed by atoms with van der Waals surface area (Å²) in [5, 5.41) is 12.5. The van der Waals surface area contributed by atoms with Gasteiger partial charge < -0.3 is 10.1 Å². The highest BCUT2D eigenvalue weighted by atomic mass is 35.5. The van der Waals surface area contributed by atoms with E-state index in [-0.39, 0.29) is 28.8 Å². The number of nitriles is 1. The van der Waals surface area contributed by atoms with Crippen molar-refractivity contribution in [2.75, 3.05) is 11.9 Å². The Balaban J connectivity index is 1.97. The van der Waals surface area contributed by atoms with E-state index >= 15 is 0 Å². The number of carbonyl (C=O) groups excluding carboxylic acids is 1. The molecule has 6 heteroatoms. The van der Waals surface area contributed by atoms with Gasteiger partial charge in [-0.25, -0.2) is 0 Å². The normalized spacial score (nSPS) is 9.76. The maximum Gasteiger partial charge on any atom is 0.262 e. The van der Waals surface area contributed by atoms with Crippen molar-refractivity contribution in [3.05, 3.63) is 58.1 Å². The van der Waals surface area contributed by atoms with E-state index in [1.54, 1.807) is 42.5 Å². The van der Waals surface area contributed by atoms with E-state index in [1.807, 2.05) is 6.07 Å². The van der Waals surface area contributed by atoms with Gasteiger partial charge in [-0.15, -0.1) is 0 Å². The number of ether oxygens (including phenoxy) is 1. The molecule has 0 fully saturated rings. The molecule has 0 saturated carbocycles. The van der Waals surface area contributed by atoms with Gasteiger partial charge in [-0.1, -0.05) is 29.3 Å². The van der Waals surface area contributed by atoms with E-state index in [1.165, 1.54) is 0 Å². The summed E-state index contributed by atoms with van der Waals surface area (Å²) in [7, 11) is 0. The molecule has 21 heavy (non-hydrogen) atoms. The molecule has 1 amide bonds. The van der Waals surface area contributed by atoms with Crippen LogP contribution in [0.1, 0.15) is 5.56 Å². The molecule has 0 atom stereocenters. The Kier molecular flexibility index (Phi) is 5.04. The summed E-state index contributed by atoms with van der Waals surface area (Å²) in [4.78, 5) is 11.8. The Hall–Kier alpha value is -2.22. The molecule has 0 unspecified atom stereocenters. The molecular weight excluding hydrogens is 311 g/mol. The van der Waals surface area contributed by atoms with Crippen LogP contribution in [0.15, 0.2) is 42.5 Å². The van der Waals surface area contributed by atoms with Gasteiger partial charge in [0.05, 0.1) is 5.02 Å². The smallest absolute Gasteiger partial charge is 0.262 e. The van der Waals surface area contributed by atoms with Crippen LogP contribution in [0.2, 0.25) is 10.0 Å². The van der Waals surface area contributed by atoms with E-state index in [2.05, 4.69) is 5.32 Å². The van der Waals surface area contributed by atoms with E-state index < -0.39 is 0 Å². The third kappa shape index (κ3) is 4.12. The first-order valence-electron chi connectivity index (χ1n) is 5.97. The first kappa shape index (κ1) is 15.2. The predicted molar refractivity (Wildman–Crippen MR) is 81.7 cm³/mol. The Morgan fingerprint density at radius 2 is 1.90 bits per heavy atom. The van der Waals surface area contributed by atoms with E-state index in [0.29, 0.717) is 10.7 Å². The average Bonchev–Trinajstić information content (AvgIpc) is 2.47. The summed E-state index contributed by atoms with van der Waals surface area (Å²) in [6.45, 7) is -0.225. The molecule has 0 aliphatic rings. The van der Waals surface area contributed by atoms with Gasteiger partial charge in [0.25, 0.3) is 5.91 Å². The highest BCUT2D eigenvalue weighted by Gasteiger charge is 2.10. The number of hydrogen-bond acceptors (Lipinski definition) is 3. The van der Waals surface area contributed by atoms with Crippen LogP contribution in [0.5, 0.6) is 5.75 Å². The van der Waals surface area contributed by atoms with Crippen molar-refractivity contribution in [1.82, 2.24) is 0 Å². The lowest BCUT2D eigenvalue weighted by Gasteiger charge is -2.09. The van der Waals surface area contributed by atoms with Gasteiger partial charge in [0.15, 0.2) is 6.61 Å². The van der Waals surface area contributed by atoms with Crippen LogP contribution >= 0.6 is 23.2 Å². The van der Waals surface area contributed by atoms with Crippen LogP contribution in [0.3, 0.4) is 0 Å². The number of carbonyl (C=O) groups is 1. The summed E-state index contributed by atoms with van der Waals surface area (Å²) >= 11 is 11.6. The molecule has 2 aromatic rings. The lowest BCUT2D eigenvalue weighted by molar-refractivity contribution is -0.118. The number of nitrogens with one attached hydrogen (secondary N) is 1. The number of nitrogens with zero attached hydrogens (tertiary/aromatic N) is 1. The number of benzene rings is 2. The van der Waals surface area contributed by atoms with Gasteiger partial charge in [-0.3, -0.25) is 4.79 Å². The second-order valence-corrected chi connectivity index (χ2v) is 4.91. The van der Waals surface area contributed by atoms with Crippen LogP contribution in [-0.4, -0.2) is 12.5 Å². The Morgan fingerprint density at radius 1 is 1.19 bits per heavy atom. The SMILES string of the molecule is N#Cc1c(Cl)cccc1OCC(=O)Nc1ccc(Cl)cc1. The summed E-state index contributed by atoms with van der Waals surface area (Å²) in [5.41, 5.74) is 0.818. The van der Waals surface area contributed by atoms with Crippen molar-refractivity contribution in [1.29, 1.82) is 5.26 Å². The second-order valence-electron chi connectivity index (χ2n) is 4.07. The molecule has 1 N–H and O–H groups in total. The third-order valence-corrected chi connectivity index (χ3v) is 3.14. The first-order chi connectivity index (χ1) is 10.1. The molecule has 0 heterocycles. The van der Waals surface area contributed by atoms with Gasteiger partial charge in [0, 0.05) is 10.7 Å². The zero-order valence-electron chi connectivity index (χ0n) is 10.8. The Labute approximate surface area is 131 Å². The van der Waals surface area contributed by atoms with E-state index in [0.717, 1.165) is 0 Å². The number of halogens is 2. The fourth-order valence-corrected chi connectivity index (χ4v) is 1.94. The minimum atomic E-state index is -0.346. The van der Waals surface area contributed by atoms with Crippen molar-refractivity contribution in [2.24, 2.45) is 0 Å². The lowest BCUT2D eigenvalue weighted by Crippen LogP contribution is -2.20. The molecule has 0 saturated heterocycles. The maximum atomic E-state index is 11.8. The van der Waals surface area contributed by atoms with Crippen molar-refractivity contribution >= 4 is 34.8 Å². The molecule has 4 nitrogen and oxygen atoms in total. The fourth-order valence-electron chi connectivity index (χ4n) is 1.61. The van der Waals surface area contributed by atoms with Gasteiger partial charge in [0.1, 0.15) is 17.4 Å². The quantitative estimate of drug-likeness (QED) is 0.929. The molecule has 2 aromatic carbocycles. The zero-order valence-corrected chi connectivity index (χ0v) is 12.3. The average molecular weight is 321 g/mol. The number of anilines is 1. The molecule has 0 aliphatic carbocycles. The molecular formula is C15H10Cl2N2O2. The van der Waals surface area contributed by atoms with Crippen molar-refractivity contribution < 1.29 is 9.53 Å². The molecule has 2 rings (SSSR count). The topological polar surface area (TPSA) is 62.1 Å². The zero-order chi connectivity index (χ0) is 15.2. The summed E-state index contributed by atoms with van der Waals surface area (Å²) in [6.07, 6.45) is 0. The Bertz CT molecular complexity index is 694. The maximum absolute atomic E-state index is 11.8. The number of amides is 1. The van der Waals surface area contributed by atoms with Crippen LogP contribution in [0.4, 0.5) is 5.69 Å². The predicted octanol–water partition coefficient (Wildman–Crippen LogP) is 3.88. The highest BCUT2D eigenvalue weighted by Crippen LogP contribution is 2.25. The lowest BCUT2D eigenvalue weighted by atomic mass is 10.2. The fraction of sp³-hybridized carbons (Fsp3) is 0.0667. The summed E-state index contributed by atoms with van der Waals surface area (Å²) in [5.74, 6) is -0.0718. The monoisotopic (exact) mass is 320 g/mol. The highest BCUT2D eigenvalue weighted by molar-refractivity contribution is 6.32. The van der Waals surface area contributed by atoms with Crippen LogP contribution in [-0.2, 0) is 4.79 Å². The molecule has 106 valence electrons. The summed E-state index contributed by atoms with van der Waals surface area (Å²) < 4.78 is 5.32. The van der Waals surface area contributed by atoms with Gasteiger partial charge in [-0.05, 0) is 36.4 Å². The second kappa shape index (κ2) is 6.98. The van der Waals surface area contributed by atoms with Crippen molar-refractivity contribution in [2.45, 2.75) is 0 Å². The van der Waals surface area contributed by atoms with Gasteiger partial charge in [-0.2, -0.15) is 5.26 Å². The van der Waals surface area contributed by atoms with Gasteiger partial charge in [0.2, 0.25) is 0 Å². The first-order valence-corrected chi connectivity index (χ1v) is 6.72.